The number of hydrogen-bond donors (Lipinski definition) is 3. The molecule has 1 aromatic carbocycles. The van der Waals surface area contributed by atoms with Crippen molar-refractivity contribution in [1.82, 2.24) is 15.5 Å². The zero-order valence-electron chi connectivity index (χ0n) is 23.3. The Bertz CT molecular complexity index is 1120. The summed E-state index contributed by atoms with van der Waals surface area (Å²) in [5.74, 6) is -0.921. The third-order valence-electron chi connectivity index (χ3n) is 6.91. The molecule has 39 heavy (non-hydrogen) atoms. The first-order valence-corrected chi connectivity index (χ1v) is 13.4. The minimum Gasteiger partial charge on any atom is -0.435 e. The molecule has 1 aliphatic carbocycles. The second kappa shape index (κ2) is 12.7. The van der Waals surface area contributed by atoms with E-state index in [0.29, 0.717) is 50.1 Å². The lowest BCUT2D eigenvalue weighted by Gasteiger charge is -2.30. The first kappa shape index (κ1) is 30.3. The van der Waals surface area contributed by atoms with Gasteiger partial charge in [-0.15, -0.1) is 0 Å². The number of hydrogen-bond acceptors (Lipinski definition) is 5. The van der Waals surface area contributed by atoms with E-state index in [4.69, 9.17) is 10.7 Å². The highest BCUT2D eigenvalue weighted by atomic mass is 19.3. The van der Waals surface area contributed by atoms with Crippen LogP contribution in [0.4, 0.5) is 18.0 Å². The molecule has 3 amide bonds. The molecule has 216 valence electrons. The van der Waals surface area contributed by atoms with Crippen LogP contribution in [0.25, 0.3) is 5.70 Å². The molecular weight excluding hydrogens is 511 g/mol. The van der Waals surface area contributed by atoms with E-state index in [1.807, 2.05) is 34.6 Å². The van der Waals surface area contributed by atoms with Gasteiger partial charge in [0.15, 0.2) is 0 Å². The van der Waals surface area contributed by atoms with Crippen LogP contribution in [-0.2, 0) is 4.79 Å². The first-order chi connectivity index (χ1) is 18.3. The lowest BCUT2D eigenvalue weighted by Crippen LogP contribution is -2.50. The smallest absolute Gasteiger partial charge is 0.387 e. The Morgan fingerprint density at radius 3 is 2.62 bits per heavy atom. The van der Waals surface area contributed by atoms with Crippen molar-refractivity contribution < 1.29 is 27.5 Å². The Morgan fingerprint density at radius 2 is 1.97 bits per heavy atom. The number of benzene rings is 1. The number of alkyl halides is 2. The minimum absolute atomic E-state index is 0.00254. The summed E-state index contributed by atoms with van der Waals surface area (Å²) in [5, 5.41) is 6.01. The number of carbonyl (C=O) groups is 2. The van der Waals surface area contributed by atoms with E-state index < -0.39 is 18.0 Å². The molecule has 1 aliphatic heterocycles. The summed E-state index contributed by atoms with van der Waals surface area (Å²) in [4.78, 5) is 31.8. The van der Waals surface area contributed by atoms with Crippen LogP contribution in [-0.4, -0.2) is 59.9 Å². The predicted octanol–water partition coefficient (Wildman–Crippen LogP) is 4.84. The molecule has 1 saturated heterocycles. The lowest BCUT2D eigenvalue weighted by molar-refractivity contribution is -0.123. The van der Waals surface area contributed by atoms with Gasteiger partial charge in [-0.05, 0) is 90.0 Å². The molecule has 1 saturated carbocycles. The van der Waals surface area contributed by atoms with Crippen LogP contribution in [0, 0.1) is 11.7 Å². The molecule has 0 radical (unpaired) electrons. The van der Waals surface area contributed by atoms with Gasteiger partial charge in [-0.3, -0.25) is 9.79 Å². The molecule has 0 aromatic heterocycles. The molecule has 2 aliphatic rings. The number of nitrogens with one attached hydrogen (secondary N) is 2. The standard InChI is InChI=1S/C28H40F3N5O3/c1-16(2)33-23-12-18(13-24(37)35-28(5)10-11-36(15-28)27(38)34-17(3)4)6-8-20(23)25(32)21-14-19(39-26(30)31)7-9-22(21)29/h7,9,14,16-18,26H,6,8,10-13,15,32H2,1-5H3,(H,34,38)(H,35,37)/b25-20-,33-23?/t18-,28?/m1/s1. The fourth-order valence-corrected chi connectivity index (χ4v) is 5.17. The molecule has 3 rings (SSSR count). The molecule has 2 fully saturated rings. The highest BCUT2D eigenvalue weighted by molar-refractivity contribution is 6.07. The van der Waals surface area contributed by atoms with Gasteiger partial charge in [-0.2, -0.15) is 8.78 Å². The quantitative estimate of drug-likeness (QED) is 0.430. The van der Waals surface area contributed by atoms with E-state index in [2.05, 4.69) is 15.4 Å². The SMILES string of the molecule is CC(C)N=C1C[C@H](CC(=O)NC2(C)CCN(C(=O)NC(C)C)C2)CC/C1=C(/N)c1cc(OC(F)F)ccc1F. The fraction of sp³-hybridized carbons (Fsp3) is 0.607. The number of nitrogens with two attached hydrogens (primary N) is 1. The molecule has 1 heterocycles. The second-order valence-corrected chi connectivity index (χ2v) is 11.3. The molecule has 4 N–H and O–H groups in total. The number of likely N-dealkylation sites (tertiary alicyclic amines) is 1. The number of carbonyl (C=O) groups excluding carboxylic acids is 2. The average molecular weight is 552 g/mol. The Kier molecular flexibility index (Phi) is 9.90. The van der Waals surface area contributed by atoms with E-state index in [9.17, 15) is 22.8 Å². The fourth-order valence-electron chi connectivity index (χ4n) is 5.17. The molecule has 2 atom stereocenters. The van der Waals surface area contributed by atoms with Crippen molar-refractivity contribution in [2.75, 3.05) is 13.1 Å². The topological polar surface area (TPSA) is 109 Å². The van der Waals surface area contributed by atoms with Crippen molar-refractivity contribution in [3.05, 3.63) is 35.2 Å². The summed E-state index contributed by atoms with van der Waals surface area (Å²) in [6, 6.07) is 3.18. The monoisotopic (exact) mass is 551 g/mol. The maximum absolute atomic E-state index is 14.6. The van der Waals surface area contributed by atoms with E-state index in [-0.39, 0.29) is 53.4 Å². The molecular formula is C28H40F3N5O3. The zero-order valence-corrected chi connectivity index (χ0v) is 23.3. The minimum atomic E-state index is -3.04. The van der Waals surface area contributed by atoms with Gasteiger partial charge in [-0.1, -0.05) is 0 Å². The third-order valence-corrected chi connectivity index (χ3v) is 6.91. The van der Waals surface area contributed by atoms with Gasteiger partial charge in [0.1, 0.15) is 11.6 Å². The van der Waals surface area contributed by atoms with Crippen LogP contribution in [0.3, 0.4) is 0 Å². The van der Waals surface area contributed by atoms with E-state index in [1.54, 1.807) is 4.90 Å². The zero-order chi connectivity index (χ0) is 28.9. The van der Waals surface area contributed by atoms with Crippen molar-refractivity contribution in [1.29, 1.82) is 0 Å². The van der Waals surface area contributed by atoms with E-state index in [1.165, 1.54) is 6.07 Å². The van der Waals surface area contributed by atoms with Crippen molar-refractivity contribution in [2.24, 2.45) is 16.6 Å². The summed E-state index contributed by atoms with van der Waals surface area (Å²) < 4.78 is 44.4. The maximum Gasteiger partial charge on any atom is 0.387 e. The highest BCUT2D eigenvalue weighted by Gasteiger charge is 2.38. The molecule has 1 aromatic rings. The Hall–Kier alpha value is -3.24. The number of nitrogens with zero attached hydrogens (tertiary/aromatic N) is 2. The van der Waals surface area contributed by atoms with Crippen LogP contribution >= 0.6 is 0 Å². The summed E-state index contributed by atoms with van der Waals surface area (Å²) in [6.45, 7) is 7.54. The van der Waals surface area contributed by atoms with Gasteiger partial charge < -0.3 is 26.0 Å². The Labute approximate surface area is 228 Å². The van der Waals surface area contributed by atoms with Crippen molar-refractivity contribution in [2.45, 2.75) is 91.0 Å². The van der Waals surface area contributed by atoms with Gasteiger partial charge in [-0.25, -0.2) is 9.18 Å². The van der Waals surface area contributed by atoms with Crippen LogP contribution < -0.4 is 21.1 Å². The normalized spacial score (nSPS) is 24.0. The van der Waals surface area contributed by atoms with E-state index >= 15 is 0 Å². The van der Waals surface area contributed by atoms with Gasteiger partial charge in [0, 0.05) is 48.6 Å². The predicted molar refractivity (Wildman–Crippen MR) is 145 cm³/mol. The Balaban J connectivity index is 1.70. The first-order valence-electron chi connectivity index (χ1n) is 13.4. The van der Waals surface area contributed by atoms with Crippen LogP contribution in [0.5, 0.6) is 5.75 Å². The number of ether oxygens (including phenoxy) is 1. The Morgan fingerprint density at radius 1 is 1.26 bits per heavy atom. The summed E-state index contributed by atoms with van der Waals surface area (Å²) in [7, 11) is 0. The van der Waals surface area contributed by atoms with Crippen molar-refractivity contribution >= 4 is 23.3 Å². The van der Waals surface area contributed by atoms with Gasteiger partial charge in [0.05, 0.1) is 5.54 Å². The third kappa shape index (κ3) is 8.37. The number of amides is 3. The van der Waals surface area contributed by atoms with Gasteiger partial charge >= 0.3 is 12.6 Å². The van der Waals surface area contributed by atoms with Crippen molar-refractivity contribution in [3.63, 3.8) is 0 Å². The highest BCUT2D eigenvalue weighted by Crippen LogP contribution is 2.34. The van der Waals surface area contributed by atoms with Crippen molar-refractivity contribution in [3.8, 4) is 5.75 Å². The summed E-state index contributed by atoms with van der Waals surface area (Å²) >= 11 is 0. The number of allylic oxidation sites excluding steroid dienone is 1. The number of aliphatic imine (C=N–C) groups is 1. The lowest BCUT2D eigenvalue weighted by atomic mass is 9.80. The maximum atomic E-state index is 14.6. The summed E-state index contributed by atoms with van der Waals surface area (Å²) in [6.07, 6.45) is 2.53. The number of halogens is 3. The molecule has 0 bridgehead atoms. The molecule has 11 heteroatoms. The number of urea groups is 1. The molecule has 0 spiro atoms. The second-order valence-electron chi connectivity index (χ2n) is 11.3. The largest absolute Gasteiger partial charge is 0.435 e. The van der Waals surface area contributed by atoms with Crippen LogP contribution in [0.1, 0.15) is 72.3 Å². The van der Waals surface area contributed by atoms with Gasteiger partial charge in [0.2, 0.25) is 5.91 Å². The van der Waals surface area contributed by atoms with Crippen LogP contribution in [0.15, 0.2) is 28.8 Å². The molecule has 8 nitrogen and oxygen atoms in total. The van der Waals surface area contributed by atoms with Crippen LogP contribution in [0.2, 0.25) is 0 Å². The molecule has 1 unspecified atom stereocenters. The average Bonchev–Trinajstić information content (AvgIpc) is 3.20. The van der Waals surface area contributed by atoms with E-state index in [0.717, 1.165) is 12.1 Å². The summed E-state index contributed by atoms with van der Waals surface area (Å²) in [5.41, 5.74) is 7.33. The van der Waals surface area contributed by atoms with Gasteiger partial charge in [0.25, 0.3) is 0 Å². The number of rotatable bonds is 8.